The highest BCUT2D eigenvalue weighted by Crippen LogP contribution is 2.25. The second kappa shape index (κ2) is 46.8. The zero-order valence-corrected chi connectivity index (χ0v) is 42.7. The second-order valence-electron chi connectivity index (χ2n) is 19.7. The number of rotatable bonds is 49. The second-order valence-corrected chi connectivity index (χ2v) is 19.7. The molecule has 3 atom stereocenters. The van der Waals surface area contributed by atoms with Gasteiger partial charge in [-0.05, 0) is 90.9 Å². The molecule has 0 aliphatic carbocycles. The number of hydrogen-bond donors (Lipinski definition) is 0. The molecule has 0 aromatic heterocycles. The minimum atomic E-state index is 0.0200. The van der Waals surface area contributed by atoms with Crippen LogP contribution in [0.2, 0.25) is 0 Å². The monoisotopic (exact) mass is 863 g/mol. The molecule has 0 N–H and O–H groups in total. The first-order chi connectivity index (χ1) is 29.8. The molecule has 0 saturated carbocycles. The number of unbranched alkanes of at least 4 members (excludes halogenated alkanes) is 25. The van der Waals surface area contributed by atoms with Crippen molar-refractivity contribution in [2.45, 2.75) is 285 Å². The minimum Gasteiger partial charge on any atom is -0.466 e. The Balaban J connectivity index is 3.98. The van der Waals surface area contributed by atoms with Gasteiger partial charge in [0.2, 0.25) is 0 Å². The molecule has 61 heavy (non-hydrogen) atoms. The van der Waals surface area contributed by atoms with Crippen molar-refractivity contribution in [2.75, 3.05) is 46.9 Å². The van der Waals surface area contributed by atoms with Gasteiger partial charge in [0.25, 0.3) is 0 Å². The molecule has 6 heteroatoms. The Morgan fingerprint density at radius 3 is 1.31 bits per heavy atom. The summed E-state index contributed by atoms with van der Waals surface area (Å²) in [6.07, 6.45) is 46.9. The van der Waals surface area contributed by atoms with Crippen molar-refractivity contribution >= 4 is 11.9 Å². The first kappa shape index (κ1) is 59.9. The van der Waals surface area contributed by atoms with Gasteiger partial charge in [0, 0.05) is 25.9 Å². The Morgan fingerprint density at radius 1 is 0.410 bits per heavy atom. The van der Waals surface area contributed by atoms with Crippen LogP contribution >= 0.6 is 0 Å². The largest absolute Gasteiger partial charge is 0.466 e. The molecule has 0 rings (SSSR count). The van der Waals surface area contributed by atoms with Crippen LogP contribution in [-0.2, 0) is 19.1 Å². The van der Waals surface area contributed by atoms with Crippen LogP contribution in [-0.4, -0.2) is 74.7 Å². The summed E-state index contributed by atoms with van der Waals surface area (Å²) >= 11 is 0. The van der Waals surface area contributed by atoms with Crippen molar-refractivity contribution in [3.63, 3.8) is 0 Å². The molecule has 0 aliphatic heterocycles. The zero-order valence-electron chi connectivity index (χ0n) is 42.7. The molecule has 0 aromatic carbocycles. The van der Waals surface area contributed by atoms with E-state index in [9.17, 15) is 9.59 Å². The predicted octanol–water partition coefficient (Wildman–Crippen LogP) is 16.5. The number of carbonyl (C=O) groups is 2. The van der Waals surface area contributed by atoms with Crippen LogP contribution < -0.4 is 0 Å². The first-order valence-corrected chi connectivity index (χ1v) is 27.5. The van der Waals surface area contributed by atoms with Gasteiger partial charge < -0.3 is 19.3 Å². The van der Waals surface area contributed by atoms with Crippen LogP contribution in [0, 0.1) is 11.8 Å². The summed E-state index contributed by atoms with van der Waals surface area (Å²) in [4.78, 5) is 30.0. The smallest absolute Gasteiger partial charge is 0.306 e. The fraction of sp³-hybridized carbons (Fsp3) is 0.964. The summed E-state index contributed by atoms with van der Waals surface area (Å²) < 4.78 is 11.6. The van der Waals surface area contributed by atoms with Gasteiger partial charge in [0.15, 0.2) is 0 Å². The molecule has 0 heterocycles. The van der Waals surface area contributed by atoms with Crippen LogP contribution in [0.5, 0.6) is 0 Å². The quantitative estimate of drug-likeness (QED) is 0.0449. The van der Waals surface area contributed by atoms with Gasteiger partial charge in [-0.15, -0.1) is 0 Å². The number of hydrogen-bond acceptors (Lipinski definition) is 6. The molecular formula is C55H110N2O4. The van der Waals surface area contributed by atoms with E-state index in [0.717, 1.165) is 44.6 Å². The molecule has 0 aliphatic rings. The fourth-order valence-corrected chi connectivity index (χ4v) is 9.01. The summed E-state index contributed by atoms with van der Waals surface area (Å²) in [5, 5.41) is 0. The van der Waals surface area contributed by atoms with Crippen molar-refractivity contribution in [3.8, 4) is 0 Å². The molecule has 0 aromatic rings. The highest BCUT2D eigenvalue weighted by atomic mass is 16.5. The third kappa shape index (κ3) is 42.6. The van der Waals surface area contributed by atoms with Crippen molar-refractivity contribution < 1.29 is 19.1 Å². The van der Waals surface area contributed by atoms with Gasteiger partial charge in [-0.1, -0.05) is 214 Å². The van der Waals surface area contributed by atoms with Crippen molar-refractivity contribution in [1.82, 2.24) is 9.80 Å². The van der Waals surface area contributed by atoms with E-state index in [4.69, 9.17) is 9.47 Å². The number of likely N-dealkylation sites (N-methyl/N-ethyl adjacent to an activating group) is 1. The molecule has 0 radical (unpaired) electrons. The van der Waals surface area contributed by atoms with Gasteiger partial charge in [-0.2, -0.15) is 0 Å². The van der Waals surface area contributed by atoms with Crippen molar-refractivity contribution in [1.29, 1.82) is 0 Å². The Hall–Kier alpha value is -1.14. The van der Waals surface area contributed by atoms with E-state index in [-0.39, 0.29) is 18.0 Å². The number of esters is 2. The van der Waals surface area contributed by atoms with E-state index in [2.05, 4.69) is 58.5 Å². The maximum Gasteiger partial charge on any atom is 0.306 e. The average molecular weight is 863 g/mol. The molecule has 6 nitrogen and oxygen atoms in total. The lowest BCUT2D eigenvalue weighted by Gasteiger charge is -2.24. The number of carbonyl (C=O) groups excluding carboxylic acids is 2. The number of nitrogens with zero attached hydrogens (tertiary/aromatic N) is 2. The lowest BCUT2D eigenvalue weighted by Crippen LogP contribution is -2.33. The molecule has 364 valence electrons. The topological polar surface area (TPSA) is 59.1 Å². The fourth-order valence-electron chi connectivity index (χ4n) is 9.01. The standard InChI is InChI=1S/C55H110N2O4/c1-8-12-16-18-28-34-42-53(41-15-11-4)51(5)61-55(59)44-36-30-23-20-19-21-25-31-37-46-57(49-48-56(6)7)47-38-32-26-22-24-29-35-43-54(58)60-50-45-52(39-14-10-3)40-33-27-17-13-9-2/h51-53H,8-50H2,1-7H3. The van der Waals surface area contributed by atoms with Gasteiger partial charge in [-0.25, -0.2) is 0 Å². The molecule has 0 spiro atoms. The SMILES string of the molecule is CCCCCCCCC(CCCC)C(C)OC(=O)CCCCCCCCCCCN(CCCCCCCCCC(=O)OCCC(CCCC)CCCCCCC)CCN(C)C. The molecule has 3 unspecified atom stereocenters. The van der Waals surface area contributed by atoms with E-state index < -0.39 is 0 Å². The Labute approximate surface area is 383 Å². The molecule has 0 bridgehead atoms. The van der Waals surface area contributed by atoms with Crippen LogP contribution in [0.15, 0.2) is 0 Å². The summed E-state index contributed by atoms with van der Waals surface area (Å²) in [6.45, 7) is 16.6. The summed E-state index contributed by atoms with van der Waals surface area (Å²) in [7, 11) is 4.38. The van der Waals surface area contributed by atoms with E-state index in [0.29, 0.717) is 25.4 Å². The van der Waals surface area contributed by atoms with Gasteiger partial charge >= 0.3 is 11.9 Å². The zero-order chi connectivity index (χ0) is 44.9. The maximum absolute atomic E-state index is 12.6. The Kier molecular flexibility index (Phi) is 46.0. The van der Waals surface area contributed by atoms with E-state index in [1.54, 1.807) is 0 Å². The van der Waals surface area contributed by atoms with Gasteiger partial charge in [-0.3, -0.25) is 9.59 Å². The summed E-state index contributed by atoms with van der Waals surface area (Å²) in [6, 6.07) is 0. The van der Waals surface area contributed by atoms with Crippen molar-refractivity contribution in [3.05, 3.63) is 0 Å². The average Bonchev–Trinajstić information content (AvgIpc) is 3.24. The molecular weight excluding hydrogens is 753 g/mol. The Bertz CT molecular complexity index is 912. The molecule has 0 saturated heterocycles. The van der Waals surface area contributed by atoms with Gasteiger partial charge in [0.1, 0.15) is 6.10 Å². The van der Waals surface area contributed by atoms with Gasteiger partial charge in [0.05, 0.1) is 6.61 Å². The van der Waals surface area contributed by atoms with E-state index >= 15 is 0 Å². The third-order valence-electron chi connectivity index (χ3n) is 13.4. The van der Waals surface area contributed by atoms with Crippen LogP contribution in [0.4, 0.5) is 0 Å². The third-order valence-corrected chi connectivity index (χ3v) is 13.4. The molecule has 0 amide bonds. The Morgan fingerprint density at radius 2 is 0.803 bits per heavy atom. The summed E-state index contributed by atoms with van der Waals surface area (Å²) in [5.41, 5.74) is 0. The van der Waals surface area contributed by atoms with E-state index in [1.807, 2.05) is 0 Å². The lowest BCUT2D eigenvalue weighted by molar-refractivity contribution is -0.151. The summed E-state index contributed by atoms with van der Waals surface area (Å²) in [5.74, 6) is 1.30. The van der Waals surface area contributed by atoms with Crippen LogP contribution in [0.25, 0.3) is 0 Å². The van der Waals surface area contributed by atoms with Crippen LogP contribution in [0.1, 0.15) is 279 Å². The maximum atomic E-state index is 12.6. The highest BCUT2D eigenvalue weighted by Gasteiger charge is 2.20. The minimum absolute atomic E-state index is 0.0200. The van der Waals surface area contributed by atoms with Crippen molar-refractivity contribution in [2.24, 2.45) is 11.8 Å². The molecule has 0 fully saturated rings. The number of ether oxygens (including phenoxy) is 2. The highest BCUT2D eigenvalue weighted by molar-refractivity contribution is 5.69. The normalized spacial score (nSPS) is 13.3. The lowest BCUT2D eigenvalue weighted by atomic mass is 9.90. The first-order valence-electron chi connectivity index (χ1n) is 27.5. The predicted molar refractivity (Wildman–Crippen MR) is 267 cm³/mol. The van der Waals surface area contributed by atoms with Crippen LogP contribution in [0.3, 0.4) is 0 Å². The van der Waals surface area contributed by atoms with E-state index in [1.165, 1.54) is 219 Å².